The van der Waals surface area contributed by atoms with Gasteiger partial charge >= 0.3 is 0 Å². The Kier molecular flexibility index (Phi) is 2.98. The first kappa shape index (κ1) is 10.5. The number of nitrogen functional groups attached to an aromatic ring is 1. The minimum atomic E-state index is -0.169. The maximum atomic E-state index is 9.05. The van der Waals surface area contributed by atoms with E-state index in [9.17, 15) is 0 Å². The van der Waals surface area contributed by atoms with Crippen LogP contribution in [0.2, 0.25) is 0 Å². The Morgan fingerprint density at radius 2 is 2.31 bits per heavy atom. The molecule has 1 heterocycles. The van der Waals surface area contributed by atoms with Crippen molar-refractivity contribution in [2.24, 2.45) is 5.41 Å². The Labute approximate surface area is 85.9 Å². The molecule has 1 aromatic rings. The van der Waals surface area contributed by atoms with Crippen molar-refractivity contribution in [3.63, 3.8) is 0 Å². The SMILES string of the molecule is CC(C)(CO)Cn1cc(Br)c(N)n1. The average molecular weight is 248 g/mol. The zero-order valence-electron chi connectivity index (χ0n) is 7.79. The summed E-state index contributed by atoms with van der Waals surface area (Å²) in [6, 6.07) is 0. The molecule has 1 rings (SSSR count). The molecule has 3 N–H and O–H groups in total. The molecule has 0 aliphatic heterocycles. The number of hydrogen-bond donors (Lipinski definition) is 2. The van der Waals surface area contributed by atoms with Gasteiger partial charge < -0.3 is 10.8 Å². The molecule has 0 amide bonds. The lowest BCUT2D eigenvalue weighted by Gasteiger charge is -2.20. The number of rotatable bonds is 3. The molecule has 0 aliphatic rings. The van der Waals surface area contributed by atoms with Crippen LogP contribution in [0.25, 0.3) is 0 Å². The first-order chi connectivity index (χ1) is 5.94. The number of aliphatic hydroxyl groups excluding tert-OH is 1. The molecular weight excluding hydrogens is 234 g/mol. The Morgan fingerprint density at radius 3 is 2.69 bits per heavy atom. The highest BCUT2D eigenvalue weighted by Gasteiger charge is 2.18. The van der Waals surface area contributed by atoms with Gasteiger partial charge in [-0.2, -0.15) is 5.10 Å². The van der Waals surface area contributed by atoms with Gasteiger partial charge in [0, 0.05) is 24.8 Å². The molecule has 1 aromatic heterocycles. The second kappa shape index (κ2) is 3.67. The van der Waals surface area contributed by atoms with E-state index in [2.05, 4.69) is 21.0 Å². The van der Waals surface area contributed by atoms with E-state index >= 15 is 0 Å². The quantitative estimate of drug-likeness (QED) is 0.846. The van der Waals surface area contributed by atoms with Gasteiger partial charge in [-0.15, -0.1) is 0 Å². The fourth-order valence-electron chi connectivity index (χ4n) is 0.982. The van der Waals surface area contributed by atoms with Crippen LogP contribution in [0, 0.1) is 5.41 Å². The minimum absolute atomic E-state index is 0.129. The second-order valence-corrected chi connectivity index (χ2v) is 4.74. The van der Waals surface area contributed by atoms with Crippen LogP contribution >= 0.6 is 15.9 Å². The van der Waals surface area contributed by atoms with Gasteiger partial charge in [0.2, 0.25) is 0 Å². The summed E-state index contributed by atoms with van der Waals surface area (Å²) in [6.45, 7) is 4.72. The van der Waals surface area contributed by atoms with Crippen molar-refractivity contribution in [3.05, 3.63) is 10.7 Å². The molecule has 0 radical (unpaired) electrons. The van der Waals surface area contributed by atoms with E-state index in [0.29, 0.717) is 12.4 Å². The number of nitrogens with zero attached hydrogens (tertiary/aromatic N) is 2. The average Bonchev–Trinajstić information content (AvgIpc) is 2.30. The highest BCUT2D eigenvalue weighted by atomic mass is 79.9. The number of halogens is 1. The van der Waals surface area contributed by atoms with Gasteiger partial charge in [-0.05, 0) is 15.9 Å². The first-order valence-corrected chi connectivity index (χ1v) is 4.83. The number of anilines is 1. The molecule has 13 heavy (non-hydrogen) atoms. The summed E-state index contributed by atoms with van der Waals surface area (Å²) in [7, 11) is 0. The maximum absolute atomic E-state index is 9.05. The molecule has 0 spiro atoms. The molecule has 0 bridgehead atoms. The summed E-state index contributed by atoms with van der Waals surface area (Å²) in [5.74, 6) is 0.480. The summed E-state index contributed by atoms with van der Waals surface area (Å²) in [5, 5.41) is 13.1. The van der Waals surface area contributed by atoms with Crippen LogP contribution in [0.1, 0.15) is 13.8 Å². The number of aromatic nitrogens is 2. The fraction of sp³-hybridized carbons (Fsp3) is 0.625. The summed E-state index contributed by atoms with van der Waals surface area (Å²) in [6.07, 6.45) is 1.81. The summed E-state index contributed by atoms with van der Waals surface area (Å²) < 4.78 is 2.52. The Hall–Kier alpha value is -0.550. The van der Waals surface area contributed by atoms with Crippen molar-refractivity contribution in [3.8, 4) is 0 Å². The van der Waals surface area contributed by atoms with Crippen LogP contribution in [0.5, 0.6) is 0 Å². The summed E-state index contributed by atoms with van der Waals surface area (Å²) >= 11 is 3.27. The molecule has 74 valence electrons. The standard InChI is InChI=1S/C8H14BrN3O/c1-8(2,5-13)4-12-3-6(9)7(10)11-12/h3,13H,4-5H2,1-2H3,(H2,10,11). The third-order valence-electron chi connectivity index (χ3n) is 1.76. The lowest BCUT2D eigenvalue weighted by atomic mass is 9.95. The molecule has 5 heteroatoms. The normalized spacial score (nSPS) is 12.0. The van der Waals surface area contributed by atoms with E-state index in [1.54, 1.807) is 4.68 Å². The van der Waals surface area contributed by atoms with Crippen molar-refractivity contribution in [1.29, 1.82) is 0 Å². The minimum Gasteiger partial charge on any atom is -0.396 e. The van der Waals surface area contributed by atoms with E-state index in [1.165, 1.54) is 0 Å². The smallest absolute Gasteiger partial charge is 0.159 e. The number of nitrogens with two attached hydrogens (primary N) is 1. The van der Waals surface area contributed by atoms with Crippen molar-refractivity contribution in [1.82, 2.24) is 9.78 Å². The van der Waals surface area contributed by atoms with Crippen molar-refractivity contribution in [2.75, 3.05) is 12.3 Å². The fourth-order valence-corrected chi connectivity index (χ4v) is 1.30. The Morgan fingerprint density at radius 1 is 1.69 bits per heavy atom. The first-order valence-electron chi connectivity index (χ1n) is 4.04. The molecule has 4 nitrogen and oxygen atoms in total. The summed E-state index contributed by atoms with van der Waals surface area (Å²) in [4.78, 5) is 0. The molecular formula is C8H14BrN3O. The van der Waals surface area contributed by atoms with Gasteiger partial charge in [0.15, 0.2) is 5.82 Å². The van der Waals surface area contributed by atoms with Crippen LogP contribution < -0.4 is 5.73 Å². The van der Waals surface area contributed by atoms with Crippen LogP contribution in [0.15, 0.2) is 10.7 Å². The topological polar surface area (TPSA) is 64.1 Å². The predicted molar refractivity (Wildman–Crippen MR) is 55.2 cm³/mol. The van der Waals surface area contributed by atoms with E-state index in [4.69, 9.17) is 10.8 Å². The van der Waals surface area contributed by atoms with Gasteiger partial charge in [-0.3, -0.25) is 4.68 Å². The van der Waals surface area contributed by atoms with Gasteiger partial charge in [0.05, 0.1) is 4.47 Å². The molecule has 0 saturated carbocycles. The molecule has 0 saturated heterocycles. The van der Waals surface area contributed by atoms with Gasteiger partial charge in [-0.1, -0.05) is 13.8 Å². The van der Waals surface area contributed by atoms with Gasteiger partial charge in [0.1, 0.15) is 0 Å². The largest absolute Gasteiger partial charge is 0.396 e. The van der Waals surface area contributed by atoms with E-state index in [0.717, 1.165) is 4.47 Å². The molecule has 0 atom stereocenters. The van der Waals surface area contributed by atoms with Crippen LogP contribution in [-0.4, -0.2) is 21.5 Å². The second-order valence-electron chi connectivity index (χ2n) is 3.88. The molecule has 0 aliphatic carbocycles. The van der Waals surface area contributed by atoms with Gasteiger partial charge in [0.25, 0.3) is 0 Å². The molecule has 0 fully saturated rings. The number of aliphatic hydroxyl groups is 1. The zero-order valence-corrected chi connectivity index (χ0v) is 9.37. The summed E-state index contributed by atoms with van der Waals surface area (Å²) in [5.41, 5.74) is 5.39. The predicted octanol–water partition coefficient (Wildman–Crippen LogP) is 1.25. The van der Waals surface area contributed by atoms with Gasteiger partial charge in [-0.25, -0.2) is 0 Å². The van der Waals surface area contributed by atoms with E-state index in [1.807, 2.05) is 20.0 Å². The monoisotopic (exact) mass is 247 g/mol. The zero-order chi connectivity index (χ0) is 10.1. The van der Waals surface area contributed by atoms with E-state index < -0.39 is 0 Å². The molecule has 0 aromatic carbocycles. The Balaban J connectivity index is 2.75. The number of hydrogen-bond acceptors (Lipinski definition) is 3. The molecule has 0 unspecified atom stereocenters. The van der Waals surface area contributed by atoms with Crippen molar-refractivity contribution >= 4 is 21.7 Å². The third kappa shape index (κ3) is 2.70. The van der Waals surface area contributed by atoms with Crippen LogP contribution in [-0.2, 0) is 6.54 Å². The van der Waals surface area contributed by atoms with Crippen molar-refractivity contribution < 1.29 is 5.11 Å². The highest BCUT2D eigenvalue weighted by molar-refractivity contribution is 9.10. The van der Waals surface area contributed by atoms with E-state index in [-0.39, 0.29) is 12.0 Å². The Bertz CT molecular complexity index is 276. The lowest BCUT2D eigenvalue weighted by molar-refractivity contribution is 0.136. The lowest BCUT2D eigenvalue weighted by Crippen LogP contribution is -2.24. The maximum Gasteiger partial charge on any atom is 0.159 e. The van der Waals surface area contributed by atoms with Crippen molar-refractivity contribution in [2.45, 2.75) is 20.4 Å². The van der Waals surface area contributed by atoms with Crippen LogP contribution in [0.3, 0.4) is 0 Å². The third-order valence-corrected chi connectivity index (χ3v) is 2.37. The van der Waals surface area contributed by atoms with Crippen LogP contribution in [0.4, 0.5) is 5.82 Å². The highest BCUT2D eigenvalue weighted by Crippen LogP contribution is 2.21.